The average Bonchev–Trinajstić information content (AvgIpc) is 2.34. The topological polar surface area (TPSA) is 63.3 Å². The number of benzene rings is 1. The van der Waals surface area contributed by atoms with E-state index in [1.165, 1.54) is 0 Å². The Balaban J connectivity index is 2.60. The minimum atomic E-state index is -4.83. The van der Waals surface area contributed by atoms with Gasteiger partial charge in [0.25, 0.3) is 0 Å². The van der Waals surface area contributed by atoms with E-state index >= 15 is 0 Å². The van der Waals surface area contributed by atoms with Crippen molar-refractivity contribution >= 4 is 5.78 Å². The molecule has 3 nitrogen and oxygen atoms in total. The Hall–Kier alpha value is -1.47. The molecule has 0 aromatic heterocycles. The fraction of sp³-hybridized carbons (Fsp3) is 0.462. The Morgan fingerprint density at radius 1 is 1.35 bits per heavy atom. The minimum Gasteiger partial charge on any atom is -0.385 e. The first-order valence-electron chi connectivity index (χ1n) is 6.05. The molecule has 0 bridgehead atoms. The van der Waals surface area contributed by atoms with Crippen LogP contribution in [0, 0.1) is 5.82 Å². The summed E-state index contributed by atoms with van der Waals surface area (Å²) in [4.78, 5) is 12.0. The molecular weight excluding hydrogens is 278 g/mol. The van der Waals surface area contributed by atoms with E-state index in [-0.39, 0.29) is 12.8 Å². The summed E-state index contributed by atoms with van der Waals surface area (Å²) in [6, 6.07) is 2.01. The van der Waals surface area contributed by atoms with Gasteiger partial charge in [-0.2, -0.15) is 13.2 Å². The van der Waals surface area contributed by atoms with Crippen molar-refractivity contribution in [1.82, 2.24) is 0 Å². The molecule has 1 aliphatic rings. The van der Waals surface area contributed by atoms with E-state index in [4.69, 9.17) is 5.73 Å². The van der Waals surface area contributed by atoms with Gasteiger partial charge in [-0.05, 0) is 37.0 Å². The monoisotopic (exact) mass is 291 g/mol. The number of halogens is 4. The molecule has 0 spiro atoms. The number of alkyl halides is 3. The Labute approximate surface area is 112 Å². The van der Waals surface area contributed by atoms with E-state index in [9.17, 15) is 27.5 Å². The van der Waals surface area contributed by atoms with Crippen molar-refractivity contribution in [3.8, 4) is 0 Å². The van der Waals surface area contributed by atoms with Gasteiger partial charge in [-0.1, -0.05) is 6.07 Å². The Kier molecular flexibility index (Phi) is 3.60. The van der Waals surface area contributed by atoms with Crippen molar-refractivity contribution in [1.29, 1.82) is 0 Å². The molecule has 0 radical (unpaired) electrons. The molecule has 0 aliphatic heterocycles. The van der Waals surface area contributed by atoms with Crippen LogP contribution in [0.1, 0.15) is 30.4 Å². The van der Waals surface area contributed by atoms with Crippen LogP contribution in [-0.2, 0) is 16.5 Å². The predicted octanol–water partition coefficient (Wildman–Crippen LogP) is 2.11. The summed E-state index contributed by atoms with van der Waals surface area (Å²) >= 11 is 0. The van der Waals surface area contributed by atoms with Crippen molar-refractivity contribution in [2.75, 3.05) is 0 Å². The highest BCUT2D eigenvalue weighted by Gasteiger charge is 2.47. The van der Waals surface area contributed by atoms with Gasteiger partial charge in [0.15, 0.2) is 5.78 Å². The third-order valence-corrected chi connectivity index (χ3v) is 3.56. The Bertz CT molecular complexity index is 544. The van der Waals surface area contributed by atoms with E-state index in [0.717, 1.165) is 12.1 Å². The van der Waals surface area contributed by atoms with E-state index in [0.29, 0.717) is 12.5 Å². The fourth-order valence-corrected chi connectivity index (χ4v) is 2.53. The lowest BCUT2D eigenvalue weighted by atomic mass is 9.73. The average molecular weight is 291 g/mol. The summed E-state index contributed by atoms with van der Waals surface area (Å²) in [7, 11) is 0. The predicted molar refractivity (Wildman–Crippen MR) is 62.1 cm³/mol. The number of aliphatic hydroxyl groups excluding tert-OH is 1. The van der Waals surface area contributed by atoms with Crippen molar-refractivity contribution in [3.63, 3.8) is 0 Å². The molecule has 1 saturated carbocycles. The molecule has 1 aliphatic carbocycles. The van der Waals surface area contributed by atoms with Gasteiger partial charge in [0, 0.05) is 0 Å². The fourth-order valence-electron chi connectivity index (χ4n) is 2.53. The maximum Gasteiger partial charge on any atom is 0.416 e. The van der Waals surface area contributed by atoms with Gasteiger partial charge in [-0.3, -0.25) is 4.79 Å². The second kappa shape index (κ2) is 4.82. The molecule has 3 N–H and O–H groups in total. The molecule has 110 valence electrons. The van der Waals surface area contributed by atoms with E-state index in [1.807, 2.05) is 0 Å². The van der Waals surface area contributed by atoms with E-state index < -0.39 is 40.5 Å². The van der Waals surface area contributed by atoms with Crippen molar-refractivity contribution < 1.29 is 27.5 Å². The zero-order chi connectivity index (χ0) is 15.1. The van der Waals surface area contributed by atoms with Crippen LogP contribution in [0.15, 0.2) is 18.2 Å². The van der Waals surface area contributed by atoms with Gasteiger partial charge in [0.2, 0.25) is 0 Å². The summed E-state index contributed by atoms with van der Waals surface area (Å²) in [6.07, 6.45) is -5.75. The molecule has 1 fully saturated rings. The molecule has 20 heavy (non-hydrogen) atoms. The molecule has 0 heterocycles. The van der Waals surface area contributed by atoms with Crippen molar-refractivity contribution in [2.45, 2.75) is 37.1 Å². The lowest BCUT2D eigenvalue weighted by Gasteiger charge is -2.36. The number of hydrogen-bond donors (Lipinski definition) is 2. The maximum atomic E-state index is 13.1. The van der Waals surface area contributed by atoms with Crippen LogP contribution in [0.3, 0.4) is 0 Å². The van der Waals surface area contributed by atoms with Crippen molar-refractivity contribution in [2.24, 2.45) is 5.73 Å². The smallest absolute Gasteiger partial charge is 0.385 e. The van der Waals surface area contributed by atoms with Crippen LogP contribution >= 0.6 is 0 Å². The zero-order valence-electron chi connectivity index (χ0n) is 10.4. The molecular formula is C13H13F4NO2. The molecule has 0 saturated heterocycles. The van der Waals surface area contributed by atoms with Gasteiger partial charge in [-0.25, -0.2) is 4.39 Å². The maximum absolute atomic E-state index is 13.1. The van der Waals surface area contributed by atoms with Crippen molar-refractivity contribution in [3.05, 3.63) is 35.1 Å². The van der Waals surface area contributed by atoms with Crippen LogP contribution in [0.25, 0.3) is 0 Å². The summed E-state index contributed by atoms with van der Waals surface area (Å²) in [5, 5.41) is 9.54. The number of rotatable bonds is 1. The van der Waals surface area contributed by atoms with Crippen LogP contribution in [0.4, 0.5) is 17.6 Å². The third kappa shape index (κ3) is 2.43. The minimum absolute atomic E-state index is 0.0163. The molecule has 0 amide bonds. The summed E-state index contributed by atoms with van der Waals surface area (Å²) in [6.45, 7) is 0. The lowest BCUT2D eigenvalue weighted by molar-refractivity contribution is -0.142. The number of hydrogen-bond acceptors (Lipinski definition) is 3. The normalized spacial score (nSPS) is 27.7. The Morgan fingerprint density at radius 2 is 2.00 bits per heavy atom. The highest BCUT2D eigenvalue weighted by atomic mass is 19.4. The summed E-state index contributed by atoms with van der Waals surface area (Å²) in [5.41, 5.74) is 2.13. The van der Waals surface area contributed by atoms with Gasteiger partial charge < -0.3 is 10.8 Å². The molecule has 1 aromatic carbocycles. The standard InChI is InChI=1S/C13H13F4NO2/c14-7-3-4-8(9(6-7)13(15,16)17)12(18)5-1-2-10(19)11(12)20/h3-4,6,10,19H,1-2,5,18H2. The molecule has 1 aromatic rings. The number of nitrogens with two attached hydrogens (primary N) is 1. The van der Waals surface area contributed by atoms with Gasteiger partial charge >= 0.3 is 6.18 Å². The van der Waals surface area contributed by atoms with E-state index in [2.05, 4.69) is 0 Å². The van der Waals surface area contributed by atoms with Crippen LogP contribution in [0.5, 0.6) is 0 Å². The SMILES string of the molecule is NC1(c2ccc(F)cc2C(F)(F)F)CCCC(O)C1=O. The highest BCUT2D eigenvalue weighted by Crippen LogP contribution is 2.40. The number of carbonyl (C=O) groups is 1. The van der Waals surface area contributed by atoms with Gasteiger partial charge in [0.1, 0.15) is 17.5 Å². The lowest BCUT2D eigenvalue weighted by Crippen LogP contribution is -2.53. The third-order valence-electron chi connectivity index (χ3n) is 3.56. The zero-order valence-corrected chi connectivity index (χ0v) is 10.4. The molecule has 7 heteroatoms. The summed E-state index contributed by atoms with van der Waals surface area (Å²) < 4.78 is 52.0. The quantitative estimate of drug-likeness (QED) is 0.779. The largest absolute Gasteiger partial charge is 0.416 e. The second-order valence-corrected chi connectivity index (χ2v) is 4.93. The first kappa shape index (κ1) is 14.9. The van der Waals surface area contributed by atoms with Crippen LogP contribution < -0.4 is 5.73 Å². The molecule has 2 unspecified atom stereocenters. The first-order valence-corrected chi connectivity index (χ1v) is 6.05. The highest BCUT2D eigenvalue weighted by molar-refractivity contribution is 5.94. The molecule has 2 atom stereocenters. The summed E-state index contributed by atoms with van der Waals surface area (Å²) in [5.74, 6) is -1.92. The second-order valence-electron chi connectivity index (χ2n) is 4.93. The molecule has 2 rings (SSSR count). The van der Waals surface area contributed by atoms with Crippen LogP contribution in [-0.4, -0.2) is 17.0 Å². The number of aliphatic hydroxyl groups is 1. The number of Topliss-reactive ketones (excluding diaryl/α,β-unsaturated/α-hetero) is 1. The number of carbonyl (C=O) groups excluding carboxylic acids is 1. The Morgan fingerprint density at radius 3 is 2.60 bits per heavy atom. The number of ketones is 1. The van der Waals surface area contributed by atoms with Gasteiger partial charge in [-0.15, -0.1) is 0 Å². The van der Waals surface area contributed by atoms with E-state index in [1.54, 1.807) is 0 Å². The first-order chi connectivity index (χ1) is 9.16. The van der Waals surface area contributed by atoms with Crippen LogP contribution in [0.2, 0.25) is 0 Å². The van der Waals surface area contributed by atoms with Gasteiger partial charge in [0.05, 0.1) is 5.56 Å².